The fourth-order valence-corrected chi connectivity index (χ4v) is 1.91. The van der Waals surface area contributed by atoms with Crippen molar-refractivity contribution in [3.63, 3.8) is 0 Å². The molecule has 3 N–H and O–H groups in total. The van der Waals surface area contributed by atoms with Crippen LogP contribution in [0.4, 0.5) is 5.69 Å². The van der Waals surface area contributed by atoms with Crippen molar-refractivity contribution in [2.75, 3.05) is 12.4 Å². The van der Waals surface area contributed by atoms with Gasteiger partial charge in [-0.1, -0.05) is 25.4 Å². The molecule has 5 nitrogen and oxygen atoms in total. The summed E-state index contributed by atoms with van der Waals surface area (Å²) in [6.07, 6.45) is 0.587. The van der Waals surface area contributed by atoms with E-state index in [2.05, 4.69) is 10.1 Å². The van der Waals surface area contributed by atoms with Crippen LogP contribution in [0.1, 0.15) is 30.6 Å². The quantitative estimate of drug-likeness (QED) is 0.818. The Bertz CT molecular complexity index is 503. The lowest BCUT2D eigenvalue weighted by molar-refractivity contribution is -0.117. The molecule has 1 atom stereocenters. The van der Waals surface area contributed by atoms with Crippen LogP contribution in [0.2, 0.25) is 5.02 Å². The second-order valence-corrected chi connectivity index (χ2v) is 5.32. The number of ether oxygens (including phenoxy) is 1. The highest BCUT2D eigenvalue weighted by Crippen LogP contribution is 2.21. The number of hydrogen-bond acceptors (Lipinski definition) is 4. The Morgan fingerprint density at radius 2 is 2.05 bits per heavy atom. The smallest absolute Gasteiger partial charge is 0.339 e. The van der Waals surface area contributed by atoms with E-state index in [0.29, 0.717) is 18.0 Å². The molecule has 0 saturated heterocycles. The number of rotatable bonds is 5. The van der Waals surface area contributed by atoms with Crippen molar-refractivity contribution in [2.45, 2.75) is 26.3 Å². The Labute approximate surface area is 123 Å². The zero-order valence-electron chi connectivity index (χ0n) is 11.8. The third-order valence-corrected chi connectivity index (χ3v) is 3.03. The summed E-state index contributed by atoms with van der Waals surface area (Å²) in [6.45, 7) is 3.98. The van der Waals surface area contributed by atoms with Crippen molar-refractivity contribution in [1.29, 1.82) is 0 Å². The van der Waals surface area contributed by atoms with Gasteiger partial charge >= 0.3 is 5.97 Å². The lowest BCUT2D eigenvalue weighted by atomic mass is 10.0. The number of methoxy groups -OCH3 is 1. The van der Waals surface area contributed by atoms with Gasteiger partial charge in [-0.05, 0) is 30.5 Å². The second kappa shape index (κ2) is 7.26. The molecule has 20 heavy (non-hydrogen) atoms. The van der Waals surface area contributed by atoms with E-state index in [9.17, 15) is 9.59 Å². The highest BCUT2D eigenvalue weighted by atomic mass is 35.5. The summed E-state index contributed by atoms with van der Waals surface area (Å²) in [7, 11) is 1.27. The average molecular weight is 299 g/mol. The van der Waals surface area contributed by atoms with E-state index in [1.807, 2.05) is 13.8 Å². The highest BCUT2D eigenvalue weighted by Gasteiger charge is 2.17. The fourth-order valence-electron chi connectivity index (χ4n) is 1.72. The molecule has 0 bridgehead atoms. The molecule has 0 aliphatic heterocycles. The lowest BCUT2D eigenvalue weighted by Gasteiger charge is -2.14. The number of nitrogens with one attached hydrogen (secondary N) is 1. The van der Waals surface area contributed by atoms with Gasteiger partial charge in [0, 0.05) is 5.69 Å². The maximum absolute atomic E-state index is 11.9. The van der Waals surface area contributed by atoms with E-state index in [-0.39, 0.29) is 16.5 Å². The number of nitrogens with two attached hydrogens (primary N) is 1. The third kappa shape index (κ3) is 4.51. The van der Waals surface area contributed by atoms with E-state index in [1.54, 1.807) is 6.07 Å². The summed E-state index contributed by atoms with van der Waals surface area (Å²) in [5.74, 6) is -0.527. The number of carbonyl (C=O) groups excluding carboxylic acids is 2. The number of esters is 1. The minimum Gasteiger partial charge on any atom is -0.465 e. The van der Waals surface area contributed by atoms with E-state index in [0.717, 1.165) is 0 Å². The first kappa shape index (κ1) is 16.5. The average Bonchev–Trinajstić information content (AvgIpc) is 2.39. The molecule has 0 aliphatic carbocycles. The number of amides is 1. The largest absolute Gasteiger partial charge is 0.465 e. The van der Waals surface area contributed by atoms with Crippen LogP contribution in [0.25, 0.3) is 0 Å². The molecule has 110 valence electrons. The Balaban J connectivity index is 2.83. The predicted octanol–water partition coefficient (Wildman–Crippen LogP) is 2.44. The molecule has 0 unspecified atom stereocenters. The van der Waals surface area contributed by atoms with Crippen molar-refractivity contribution in [3.8, 4) is 0 Å². The van der Waals surface area contributed by atoms with Crippen LogP contribution in [-0.2, 0) is 9.53 Å². The summed E-state index contributed by atoms with van der Waals surface area (Å²) in [5.41, 5.74) is 6.45. The maximum Gasteiger partial charge on any atom is 0.339 e. The van der Waals surface area contributed by atoms with Crippen LogP contribution in [0.5, 0.6) is 0 Å². The normalized spacial score (nSPS) is 12.1. The van der Waals surface area contributed by atoms with Crippen LogP contribution < -0.4 is 11.1 Å². The van der Waals surface area contributed by atoms with Crippen LogP contribution >= 0.6 is 11.6 Å². The minimum atomic E-state index is -0.591. The highest BCUT2D eigenvalue weighted by molar-refractivity contribution is 6.33. The Morgan fingerprint density at radius 3 is 2.60 bits per heavy atom. The molecule has 6 heteroatoms. The SMILES string of the molecule is COC(=O)c1cc(NC(=O)[C@@H](N)CC(C)C)ccc1Cl. The minimum absolute atomic E-state index is 0.199. The molecule has 0 spiro atoms. The Kier molecular flexibility index (Phi) is 5.98. The number of halogens is 1. The third-order valence-electron chi connectivity index (χ3n) is 2.70. The van der Waals surface area contributed by atoms with Gasteiger partial charge in [-0.2, -0.15) is 0 Å². The first-order valence-electron chi connectivity index (χ1n) is 6.29. The summed E-state index contributed by atoms with van der Waals surface area (Å²) < 4.78 is 4.62. The monoisotopic (exact) mass is 298 g/mol. The van der Waals surface area contributed by atoms with Crippen LogP contribution in [0.3, 0.4) is 0 Å². The number of hydrogen-bond donors (Lipinski definition) is 2. The summed E-state index contributed by atoms with van der Waals surface area (Å²) in [5, 5.41) is 2.93. The molecule has 1 aromatic rings. The van der Waals surface area contributed by atoms with Gasteiger partial charge in [0.15, 0.2) is 0 Å². The summed E-state index contributed by atoms with van der Waals surface area (Å²) in [6, 6.07) is 4.01. The molecule has 0 saturated carbocycles. The molecule has 0 aromatic heterocycles. The first-order chi connectivity index (χ1) is 9.35. The molecule has 1 rings (SSSR count). The molecule has 0 fully saturated rings. The summed E-state index contributed by atoms with van der Waals surface area (Å²) in [4.78, 5) is 23.4. The molecular weight excluding hydrogens is 280 g/mol. The van der Waals surface area contributed by atoms with Crippen molar-refractivity contribution in [2.24, 2.45) is 11.7 Å². The van der Waals surface area contributed by atoms with Crippen molar-refractivity contribution in [1.82, 2.24) is 0 Å². The number of anilines is 1. The van der Waals surface area contributed by atoms with Crippen LogP contribution in [-0.4, -0.2) is 25.0 Å². The topological polar surface area (TPSA) is 81.4 Å². The van der Waals surface area contributed by atoms with Crippen molar-refractivity contribution in [3.05, 3.63) is 28.8 Å². The molecular formula is C14H19ClN2O3. The zero-order valence-corrected chi connectivity index (χ0v) is 12.5. The molecule has 0 heterocycles. The number of carbonyl (C=O) groups is 2. The van der Waals surface area contributed by atoms with Gasteiger partial charge < -0.3 is 15.8 Å². The van der Waals surface area contributed by atoms with Gasteiger partial charge in [0.1, 0.15) is 0 Å². The van der Waals surface area contributed by atoms with E-state index in [1.165, 1.54) is 19.2 Å². The zero-order chi connectivity index (χ0) is 15.3. The van der Waals surface area contributed by atoms with Gasteiger partial charge in [0.25, 0.3) is 0 Å². The second-order valence-electron chi connectivity index (χ2n) is 4.91. The van der Waals surface area contributed by atoms with Gasteiger partial charge in [-0.3, -0.25) is 4.79 Å². The van der Waals surface area contributed by atoms with E-state index >= 15 is 0 Å². The Hall–Kier alpha value is -1.59. The van der Waals surface area contributed by atoms with Crippen molar-refractivity contribution < 1.29 is 14.3 Å². The van der Waals surface area contributed by atoms with E-state index in [4.69, 9.17) is 17.3 Å². The van der Waals surface area contributed by atoms with Crippen LogP contribution in [0.15, 0.2) is 18.2 Å². The lowest BCUT2D eigenvalue weighted by Crippen LogP contribution is -2.36. The maximum atomic E-state index is 11.9. The first-order valence-corrected chi connectivity index (χ1v) is 6.67. The van der Waals surface area contributed by atoms with Gasteiger partial charge in [0.2, 0.25) is 5.91 Å². The molecule has 0 radical (unpaired) electrons. The predicted molar refractivity (Wildman–Crippen MR) is 78.9 cm³/mol. The molecule has 1 amide bonds. The van der Waals surface area contributed by atoms with Gasteiger partial charge in [0.05, 0.1) is 23.7 Å². The molecule has 0 aliphatic rings. The fraction of sp³-hybridized carbons (Fsp3) is 0.429. The summed E-state index contributed by atoms with van der Waals surface area (Å²) >= 11 is 5.90. The van der Waals surface area contributed by atoms with Crippen molar-refractivity contribution >= 4 is 29.2 Å². The number of benzene rings is 1. The van der Waals surface area contributed by atoms with Gasteiger partial charge in [-0.25, -0.2) is 4.79 Å². The Morgan fingerprint density at radius 1 is 1.40 bits per heavy atom. The molecule has 1 aromatic carbocycles. The van der Waals surface area contributed by atoms with E-state index < -0.39 is 12.0 Å². The van der Waals surface area contributed by atoms with Gasteiger partial charge in [-0.15, -0.1) is 0 Å². The standard InChI is InChI=1S/C14H19ClN2O3/c1-8(2)6-12(16)13(18)17-9-4-5-11(15)10(7-9)14(19)20-3/h4-5,7-8,12H,6,16H2,1-3H3,(H,17,18)/t12-/m0/s1. The van der Waals surface area contributed by atoms with Crippen LogP contribution in [0, 0.1) is 5.92 Å².